The van der Waals surface area contributed by atoms with Crippen molar-refractivity contribution >= 4 is 62.5 Å². The van der Waals surface area contributed by atoms with Crippen LogP contribution in [0.4, 0.5) is 11.4 Å². The number of fused-ring (bicyclic) bond motifs is 1. The van der Waals surface area contributed by atoms with Crippen molar-refractivity contribution in [2.75, 3.05) is 16.8 Å². The van der Waals surface area contributed by atoms with E-state index in [2.05, 4.69) is 66.1 Å². The summed E-state index contributed by atoms with van der Waals surface area (Å²) in [6, 6.07) is 13.4. The number of carbonyl (C=O) groups excluding carboxylic acids is 2. The van der Waals surface area contributed by atoms with Crippen LogP contribution in [0.3, 0.4) is 0 Å². The van der Waals surface area contributed by atoms with Crippen molar-refractivity contribution in [1.29, 1.82) is 0 Å². The summed E-state index contributed by atoms with van der Waals surface area (Å²) in [5.74, 6) is -0.540. The monoisotopic (exact) mass is 497 g/mol. The number of thiocarbonyl (C=S) groups is 1. The third-order valence-corrected chi connectivity index (χ3v) is 6.91. The molecule has 1 saturated heterocycles. The topological polar surface area (TPSA) is 52.7 Å². The first kappa shape index (κ1) is 21.7. The lowest BCUT2D eigenvalue weighted by molar-refractivity contribution is -0.122. The molecule has 0 radical (unpaired) electrons. The second-order valence-corrected chi connectivity index (χ2v) is 10.0. The van der Waals surface area contributed by atoms with Crippen molar-refractivity contribution in [3.05, 3.63) is 63.6 Å². The Hall–Kier alpha value is -2.51. The number of rotatable bonds is 2. The van der Waals surface area contributed by atoms with E-state index in [-0.39, 0.29) is 16.2 Å². The number of nitrogens with one attached hydrogen (secondary N) is 1. The van der Waals surface area contributed by atoms with Gasteiger partial charge in [-0.15, -0.1) is 0 Å². The molecule has 0 bridgehead atoms. The van der Waals surface area contributed by atoms with Gasteiger partial charge >= 0.3 is 0 Å². The van der Waals surface area contributed by atoms with Gasteiger partial charge in [-0.1, -0.05) is 35.0 Å². The zero-order valence-corrected chi connectivity index (χ0v) is 20.3. The Kier molecular flexibility index (Phi) is 5.52. The van der Waals surface area contributed by atoms with Crippen LogP contribution in [0.2, 0.25) is 0 Å². The van der Waals surface area contributed by atoms with Gasteiger partial charge in [0.2, 0.25) is 0 Å². The van der Waals surface area contributed by atoms with Gasteiger partial charge < -0.3 is 4.90 Å². The van der Waals surface area contributed by atoms with Crippen LogP contribution in [0.5, 0.6) is 0 Å². The molecule has 0 aromatic heterocycles. The van der Waals surface area contributed by atoms with Gasteiger partial charge in [0.15, 0.2) is 5.11 Å². The number of anilines is 2. The number of nitrogens with zero attached hydrogens (tertiary/aromatic N) is 2. The minimum Gasteiger partial charge on any atom is -0.369 e. The molecule has 0 unspecified atom stereocenters. The molecule has 2 aromatic carbocycles. The van der Waals surface area contributed by atoms with Crippen molar-refractivity contribution in [2.24, 2.45) is 0 Å². The fourth-order valence-electron chi connectivity index (χ4n) is 4.36. The summed E-state index contributed by atoms with van der Waals surface area (Å²) in [6.07, 6.45) is 2.68. The molecule has 7 heteroatoms. The first-order valence-corrected chi connectivity index (χ1v) is 11.3. The molecule has 0 saturated carbocycles. The van der Waals surface area contributed by atoms with Gasteiger partial charge in [-0.25, -0.2) is 0 Å². The van der Waals surface area contributed by atoms with Gasteiger partial charge in [0.25, 0.3) is 11.8 Å². The van der Waals surface area contributed by atoms with Crippen LogP contribution in [0.1, 0.15) is 44.2 Å². The molecule has 31 heavy (non-hydrogen) atoms. The number of carbonyl (C=O) groups is 2. The van der Waals surface area contributed by atoms with E-state index in [4.69, 9.17) is 12.2 Å². The van der Waals surface area contributed by atoms with E-state index >= 15 is 0 Å². The Morgan fingerprint density at radius 3 is 2.65 bits per heavy atom. The average Bonchev–Trinajstić information content (AvgIpc) is 2.69. The van der Waals surface area contributed by atoms with Gasteiger partial charge in [-0.2, -0.15) is 0 Å². The molecule has 2 amide bonds. The van der Waals surface area contributed by atoms with Crippen molar-refractivity contribution in [1.82, 2.24) is 5.32 Å². The maximum absolute atomic E-state index is 13.2. The molecule has 160 valence electrons. The first-order chi connectivity index (χ1) is 14.6. The highest BCUT2D eigenvalue weighted by atomic mass is 79.9. The summed E-state index contributed by atoms with van der Waals surface area (Å²) < 4.78 is 0.818. The molecule has 1 N–H and O–H groups in total. The Bertz CT molecular complexity index is 1140. The predicted molar refractivity (Wildman–Crippen MR) is 132 cm³/mol. The third kappa shape index (κ3) is 3.92. The lowest BCUT2D eigenvalue weighted by atomic mass is 9.80. The van der Waals surface area contributed by atoms with Crippen molar-refractivity contribution in [3.8, 4) is 0 Å². The van der Waals surface area contributed by atoms with Crippen molar-refractivity contribution < 1.29 is 9.59 Å². The number of hydrogen-bond acceptors (Lipinski definition) is 4. The fourth-order valence-corrected chi connectivity index (χ4v) is 5.03. The second kappa shape index (κ2) is 7.88. The quantitative estimate of drug-likeness (QED) is 0.360. The molecule has 2 aliphatic heterocycles. The zero-order chi connectivity index (χ0) is 22.5. The first-order valence-electron chi connectivity index (χ1n) is 10.1. The molecule has 0 aliphatic carbocycles. The van der Waals surface area contributed by atoms with Crippen LogP contribution < -0.4 is 15.1 Å². The Labute approximate surface area is 196 Å². The lowest BCUT2D eigenvalue weighted by Crippen LogP contribution is -2.54. The van der Waals surface area contributed by atoms with Crippen LogP contribution in [-0.4, -0.2) is 29.5 Å². The van der Waals surface area contributed by atoms with Crippen LogP contribution in [-0.2, 0) is 9.59 Å². The summed E-state index contributed by atoms with van der Waals surface area (Å²) in [7, 11) is 2.11. The fraction of sp³-hybridized carbons (Fsp3) is 0.292. The Balaban J connectivity index is 1.73. The summed E-state index contributed by atoms with van der Waals surface area (Å²) in [5, 5.41) is 2.72. The molecule has 2 heterocycles. The van der Waals surface area contributed by atoms with Gasteiger partial charge in [-0.3, -0.25) is 19.8 Å². The number of halogens is 1. The summed E-state index contributed by atoms with van der Waals surface area (Å²) in [5.41, 5.74) is 3.95. The molecule has 0 spiro atoms. The largest absolute Gasteiger partial charge is 0.369 e. The van der Waals surface area contributed by atoms with Crippen LogP contribution in [0, 0.1) is 0 Å². The van der Waals surface area contributed by atoms with Gasteiger partial charge in [-0.05, 0) is 85.9 Å². The predicted octanol–water partition coefficient (Wildman–Crippen LogP) is 5.00. The van der Waals surface area contributed by atoms with E-state index in [1.165, 1.54) is 16.2 Å². The van der Waals surface area contributed by atoms with E-state index < -0.39 is 11.8 Å². The molecular formula is C24H24BrN3O2S. The maximum atomic E-state index is 13.2. The Morgan fingerprint density at radius 1 is 1.19 bits per heavy atom. The molecule has 1 fully saturated rings. The molecular weight excluding hydrogens is 474 g/mol. The minimum atomic E-state index is -0.481. The highest BCUT2D eigenvalue weighted by Crippen LogP contribution is 2.42. The third-order valence-electron chi connectivity index (χ3n) is 6.14. The van der Waals surface area contributed by atoms with Gasteiger partial charge in [0.05, 0.1) is 5.69 Å². The highest BCUT2D eigenvalue weighted by Gasteiger charge is 2.36. The average molecular weight is 498 g/mol. The van der Waals surface area contributed by atoms with Crippen LogP contribution in [0.25, 0.3) is 6.08 Å². The molecule has 1 atom stereocenters. The summed E-state index contributed by atoms with van der Waals surface area (Å²) in [4.78, 5) is 29.5. The molecule has 2 aromatic rings. The second-order valence-electron chi connectivity index (χ2n) is 8.73. The number of benzene rings is 2. The van der Waals surface area contributed by atoms with Crippen LogP contribution in [0.15, 0.2) is 52.5 Å². The summed E-state index contributed by atoms with van der Waals surface area (Å²) >= 11 is 8.69. The SMILES string of the molecule is C[C@H]1CC(C)(C)N(C)c2ccc(/C=C3\C(=O)NC(=S)N(c4cccc(Br)c4)C3=O)cc21. The van der Waals surface area contributed by atoms with Crippen molar-refractivity contribution in [3.63, 3.8) is 0 Å². The smallest absolute Gasteiger partial charge is 0.270 e. The van der Waals surface area contributed by atoms with Crippen molar-refractivity contribution in [2.45, 2.75) is 38.6 Å². The standard InChI is InChI=1S/C24H24BrN3O2S/c1-14-13-24(2,3)27(4)20-9-8-15(10-18(14)20)11-19-21(29)26-23(31)28(22(19)30)17-7-5-6-16(25)12-17/h5-12,14H,13H2,1-4H3,(H,26,29,31)/b19-11+/t14-/m0/s1. The number of amides is 2. The van der Waals surface area contributed by atoms with E-state index in [1.807, 2.05) is 18.2 Å². The number of hydrogen-bond donors (Lipinski definition) is 1. The van der Waals surface area contributed by atoms with Gasteiger partial charge in [0.1, 0.15) is 5.57 Å². The molecule has 5 nitrogen and oxygen atoms in total. The zero-order valence-electron chi connectivity index (χ0n) is 17.9. The Morgan fingerprint density at radius 2 is 1.94 bits per heavy atom. The normalized spacial score (nSPS) is 21.9. The van der Waals surface area contributed by atoms with E-state index in [0.29, 0.717) is 11.6 Å². The summed E-state index contributed by atoms with van der Waals surface area (Å²) in [6.45, 7) is 6.70. The maximum Gasteiger partial charge on any atom is 0.270 e. The van der Waals surface area contributed by atoms with E-state index in [0.717, 1.165) is 16.5 Å². The van der Waals surface area contributed by atoms with Crippen LogP contribution >= 0.6 is 28.1 Å². The minimum absolute atomic E-state index is 0.0608. The van der Waals surface area contributed by atoms with E-state index in [1.54, 1.807) is 18.2 Å². The molecule has 4 rings (SSSR count). The lowest BCUT2D eigenvalue weighted by Gasteiger charge is -2.45. The molecule has 2 aliphatic rings. The highest BCUT2D eigenvalue weighted by molar-refractivity contribution is 9.10. The van der Waals surface area contributed by atoms with E-state index in [9.17, 15) is 9.59 Å². The van der Waals surface area contributed by atoms with Gasteiger partial charge in [0, 0.05) is 22.7 Å².